The van der Waals surface area contributed by atoms with Crippen molar-refractivity contribution in [2.24, 2.45) is 0 Å². The van der Waals surface area contributed by atoms with Crippen molar-refractivity contribution in [3.8, 4) is 0 Å². The molecule has 0 unspecified atom stereocenters. The van der Waals surface area contributed by atoms with E-state index < -0.39 is 0 Å². The third-order valence-electron chi connectivity index (χ3n) is 2.17. The van der Waals surface area contributed by atoms with Crippen LogP contribution in [0.3, 0.4) is 0 Å². The van der Waals surface area contributed by atoms with Crippen LogP contribution < -0.4 is 5.56 Å². The smallest absolute Gasteiger partial charge is 0.251 e. The van der Waals surface area contributed by atoms with E-state index in [1.54, 1.807) is 17.5 Å². The number of rotatable bonds is 3. The standard InChI is InChI=1S/C10H11N3OS2/c1-7-11-8(6-16-7)2-4-13-5-3-9(14)12-10(13)15/h3,5-6H,2,4H2,1H3,(H,12,14,15). The first-order valence-electron chi connectivity index (χ1n) is 4.86. The SMILES string of the molecule is Cc1nc(CCn2ccc(=O)[nH]c2=S)cs1. The predicted molar refractivity (Wildman–Crippen MR) is 66.4 cm³/mol. The minimum Gasteiger partial charge on any atom is -0.325 e. The highest BCUT2D eigenvalue weighted by atomic mass is 32.1. The van der Waals surface area contributed by atoms with Gasteiger partial charge in [-0.15, -0.1) is 11.3 Å². The van der Waals surface area contributed by atoms with Crippen molar-refractivity contribution in [1.29, 1.82) is 0 Å². The van der Waals surface area contributed by atoms with E-state index in [4.69, 9.17) is 12.2 Å². The van der Waals surface area contributed by atoms with Gasteiger partial charge in [-0.25, -0.2) is 4.98 Å². The van der Waals surface area contributed by atoms with Crippen molar-refractivity contribution in [2.45, 2.75) is 19.9 Å². The zero-order valence-corrected chi connectivity index (χ0v) is 10.4. The molecule has 2 aromatic heterocycles. The Balaban J connectivity index is 2.10. The molecule has 2 aromatic rings. The summed E-state index contributed by atoms with van der Waals surface area (Å²) in [5.74, 6) is 0. The third-order valence-corrected chi connectivity index (χ3v) is 3.33. The summed E-state index contributed by atoms with van der Waals surface area (Å²) in [4.78, 5) is 17.9. The molecule has 0 aliphatic carbocycles. The highest BCUT2D eigenvalue weighted by Gasteiger charge is 1.99. The Morgan fingerprint density at radius 3 is 3.06 bits per heavy atom. The van der Waals surface area contributed by atoms with Crippen molar-refractivity contribution in [2.75, 3.05) is 0 Å². The van der Waals surface area contributed by atoms with E-state index in [2.05, 4.69) is 9.97 Å². The van der Waals surface area contributed by atoms with Gasteiger partial charge in [0.2, 0.25) is 0 Å². The molecule has 4 nitrogen and oxygen atoms in total. The maximum absolute atomic E-state index is 11.0. The van der Waals surface area contributed by atoms with E-state index >= 15 is 0 Å². The molecule has 2 rings (SSSR count). The van der Waals surface area contributed by atoms with Gasteiger partial charge in [0.15, 0.2) is 4.77 Å². The Kier molecular flexibility index (Phi) is 3.31. The molecule has 0 saturated carbocycles. The average Bonchev–Trinajstić information content (AvgIpc) is 2.63. The van der Waals surface area contributed by atoms with Crippen LogP contribution in [0.5, 0.6) is 0 Å². The van der Waals surface area contributed by atoms with Crippen LogP contribution in [0, 0.1) is 11.7 Å². The van der Waals surface area contributed by atoms with E-state index in [1.807, 2.05) is 16.9 Å². The average molecular weight is 253 g/mol. The van der Waals surface area contributed by atoms with Gasteiger partial charge in [0, 0.05) is 30.6 Å². The second kappa shape index (κ2) is 4.71. The number of aromatic amines is 1. The lowest BCUT2D eigenvalue weighted by Gasteiger charge is -2.03. The maximum atomic E-state index is 11.0. The van der Waals surface area contributed by atoms with Crippen LogP contribution in [0.2, 0.25) is 0 Å². The van der Waals surface area contributed by atoms with Gasteiger partial charge in [0.05, 0.1) is 10.7 Å². The molecule has 84 valence electrons. The van der Waals surface area contributed by atoms with Crippen LogP contribution in [-0.4, -0.2) is 14.5 Å². The predicted octanol–water partition coefficient (Wildman–Crippen LogP) is 1.91. The Morgan fingerprint density at radius 2 is 2.44 bits per heavy atom. The Labute approximate surface area is 102 Å². The molecular formula is C10H11N3OS2. The highest BCUT2D eigenvalue weighted by Crippen LogP contribution is 2.08. The van der Waals surface area contributed by atoms with Crippen LogP contribution >= 0.6 is 23.6 Å². The van der Waals surface area contributed by atoms with Gasteiger partial charge in [-0.1, -0.05) is 0 Å². The molecule has 0 bridgehead atoms. The highest BCUT2D eigenvalue weighted by molar-refractivity contribution is 7.71. The number of hydrogen-bond acceptors (Lipinski definition) is 4. The fourth-order valence-electron chi connectivity index (χ4n) is 1.38. The van der Waals surface area contributed by atoms with E-state index in [0.29, 0.717) is 4.77 Å². The molecule has 0 aliphatic heterocycles. The number of aromatic nitrogens is 3. The Bertz CT molecular complexity index is 596. The third kappa shape index (κ3) is 2.65. The molecule has 1 N–H and O–H groups in total. The topological polar surface area (TPSA) is 50.7 Å². The molecule has 2 heterocycles. The van der Waals surface area contributed by atoms with Crippen LogP contribution in [0.1, 0.15) is 10.7 Å². The summed E-state index contributed by atoms with van der Waals surface area (Å²) in [5.41, 5.74) is 0.904. The van der Waals surface area contributed by atoms with Crippen LogP contribution in [-0.2, 0) is 13.0 Å². The van der Waals surface area contributed by atoms with Crippen molar-refractivity contribution >= 4 is 23.6 Å². The van der Waals surface area contributed by atoms with E-state index in [-0.39, 0.29) is 5.56 Å². The zero-order valence-electron chi connectivity index (χ0n) is 8.77. The number of aryl methyl sites for hydroxylation is 3. The summed E-state index contributed by atoms with van der Waals surface area (Å²) in [6.07, 6.45) is 2.53. The molecule has 0 aromatic carbocycles. The molecule has 0 saturated heterocycles. The lowest BCUT2D eigenvalue weighted by Crippen LogP contribution is -2.12. The van der Waals surface area contributed by atoms with Crippen molar-refractivity contribution in [3.63, 3.8) is 0 Å². The number of nitrogens with one attached hydrogen (secondary N) is 1. The van der Waals surface area contributed by atoms with Crippen molar-refractivity contribution in [1.82, 2.24) is 14.5 Å². The minimum atomic E-state index is -0.161. The normalized spacial score (nSPS) is 10.6. The molecule has 16 heavy (non-hydrogen) atoms. The molecule has 0 radical (unpaired) electrons. The van der Waals surface area contributed by atoms with E-state index in [0.717, 1.165) is 23.7 Å². The maximum Gasteiger partial charge on any atom is 0.251 e. The van der Waals surface area contributed by atoms with Gasteiger partial charge < -0.3 is 4.57 Å². The fourth-order valence-corrected chi connectivity index (χ4v) is 2.28. The first kappa shape index (κ1) is 11.2. The molecule has 0 spiro atoms. The number of hydrogen-bond donors (Lipinski definition) is 1. The first-order chi connectivity index (χ1) is 7.65. The molecule has 6 heteroatoms. The van der Waals surface area contributed by atoms with Gasteiger partial charge >= 0.3 is 0 Å². The minimum absolute atomic E-state index is 0.161. The van der Waals surface area contributed by atoms with Crippen LogP contribution in [0.25, 0.3) is 0 Å². The summed E-state index contributed by atoms with van der Waals surface area (Å²) < 4.78 is 2.30. The van der Waals surface area contributed by atoms with Crippen LogP contribution in [0.15, 0.2) is 22.4 Å². The van der Waals surface area contributed by atoms with Crippen molar-refractivity contribution in [3.05, 3.63) is 43.5 Å². The second-order valence-electron chi connectivity index (χ2n) is 3.41. The molecule has 0 fully saturated rings. The lowest BCUT2D eigenvalue weighted by molar-refractivity contribution is 0.655. The number of nitrogens with zero attached hydrogens (tertiary/aromatic N) is 2. The van der Waals surface area contributed by atoms with Gasteiger partial charge in [-0.3, -0.25) is 9.78 Å². The summed E-state index contributed by atoms with van der Waals surface area (Å²) in [7, 11) is 0. The summed E-state index contributed by atoms with van der Waals surface area (Å²) >= 11 is 6.69. The van der Waals surface area contributed by atoms with Gasteiger partial charge in [-0.2, -0.15) is 0 Å². The quantitative estimate of drug-likeness (QED) is 0.850. The first-order valence-corrected chi connectivity index (χ1v) is 6.15. The Morgan fingerprint density at radius 1 is 1.62 bits per heavy atom. The van der Waals surface area contributed by atoms with E-state index in [1.165, 1.54) is 6.07 Å². The summed E-state index contributed by atoms with van der Waals surface area (Å²) in [6, 6.07) is 1.47. The molecule has 0 amide bonds. The Hall–Kier alpha value is -1.27. The van der Waals surface area contributed by atoms with E-state index in [9.17, 15) is 4.79 Å². The summed E-state index contributed by atoms with van der Waals surface area (Å²) in [6.45, 7) is 2.72. The molecular weight excluding hydrogens is 242 g/mol. The fraction of sp³-hybridized carbons (Fsp3) is 0.300. The largest absolute Gasteiger partial charge is 0.325 e. The number of thiazole rings is 1. The summed E-state index contributed by atoms with van der Waals surface area (Å²) in [5, 5.41) is 3.12. The van der Waals surface area contributed by atoms with Crippen molar-refractivity contribution < 1.29 is 0 Å². The van der Waals surface area contributed by atoms with Gasteiger partial charge in [0.25, 0.3) is 5.56 Å². The molecule has 0 aliphatic rings. The second-order valence-corrected chi connectivity index (χ2v) is 4.86. The number of H-pyrrole nitrogens is 1. The van der Waals surface area contributed by atoms with Gasteiger partial charge in [0.1, 0.15) is 0 Å². The lowest BCUT2D eigenvalue weighted by atomic mass is 10.3. The monoisotopic (exact) mass is 253 g/mol. The van der Waals surface area contributed by atoms with Gasteiger partial charge in [-0.05, 0) is 19.1 Å². The zero-order chi connectivity index (χ0) is 11.5. The molecule has 0 atom stereocenters. The van der Waals surface area contributed by atoms with Crippen LogP contribution in [0.4, 0.5) is 0 Å².